The van der Waals surface area contributed by atoms with Crippen molar-refractivity contribution in [2.24, 2.45) is 0 Å². The SMILES string of the molecule is CC(C)NCC(C)(O)CN1CCN(c2ccccn2)CC1. The van der Waals surface area contributed by atoms with Gasteiger partial charge in [-0.15, -0.1) is 0 Å². The third kappa shape index (κ3) is 5.26. The van der Waals surface area contributed by atoms with Crippen molar-refractivity contribution < 1.29 is 5.11 Å². The van der Waals surface area contributed by atoms with Gasteiger partial charge >= 0.3 is 0 Å². The van der Waals surface area contributed by atoms with E-state index >= 15 is 0 Å². The summed E-state index contributed by atoms with van der Waals surface area (Å²) >= 11 is 0. The number of hydrogen-bond acceptors (Lipinski definition) is 5. The maximum Gasteiger partial charge on any atom is 0.128 e. The number of rotatable bonds is 6. The molecule has 1 saturated heterocycles. The number of aromatic nitrogens is 1. The van der Waals surface area contributed by atoms with Crippen LogP contribution in [0.2, 0.25) is 0 Å². The third-order valence-electron chi connectivity index (χ3n) is 3.80. The summed E-state index contributed by atoms with van der Waals surface area (Å²) in [5.41, 5.74) is -0.683. The van der Waals surface area contributed by atoms with Crippen LogP contribution in [0.1, 0.15) is 20.8 Å². The second-order valence-electron chi connectivity index (χ2n) is 6.48. The fourth-order valence-electron chi connectivity index (χ4n) is 2.64. The lowest BCUT2D eigenvalue weighted by molar-refractivity contribution is 0.0171. The summed E-state index contributed by atoms with van der Waals surface area (Å²) in [5.74, 6) is 1.05. The van der Waals surface area contributed by atoms with Crippen LogP contribution < -0.4 is 10.2 Å². The standard InChI is InChI=1S/C16H28N4O/c1-14(2)18-12-16(3,21)13-19-8-10-20(11-9-19)15-6-4-5-7-17-15/h4-7,14,18,21H,8-13H2,1-3H3. The van der Waals surface area contributed by atoms with E-state index < -0.39 is 5.60 Å². The molecule has 0 radical (unpaired) electrons. The van der Waals surface area contributed by atoms with Gasteiger partial charge in [0, 0.05) is 51.5 Å². The predicted molar refractivity (Wildman–Crippen MR) is 86.7 cm³/mol. The van der Waals surface area contributed by atoms with Crippen LogP contribution in [0, 0.1) is 0 Å². The molecular weight excluding hydrogens is 264 g/mol. The van der Waals surface area contributed by atoms with Gasteiger partial charge in [-0.25, -0.2) is 4.98 Å². The van der Waals surface area contributed by atoms with Crippen LogP contribution in [0.4, 0.5) is 5.82 Å². The van der Waals surface area contributed by atoms with Crippen molar-refractivity contribution in [1.29, 1.82) is 0 Å². The zero-order valence-electron chi connectivity index (χ0n) is 13.4. The minimum absolute atomic E-state index is 0.400. The molecule has 0 saturated carbocycles. The summed E-state index contributed by atoms with van der Waals surface area (Å²) in [6.07, 6.45) is 1.84. The van der Waals surface area contributed by atoms with Gasteiger partial charge in [-0.3, -0.25) is 4.90 Å². The van der Waals surface area contributed by atoms with Crippen LogP contribution in [0.25, 0.3) is 0 Å². The summed E-state index contributed by atoms with van der Waals surface area (Å²) < 4.78 is 0. The molecule has 0 amide bonds. The molecule has 1 aliphatic heterocycles. The van der Waals surface area contributed by atoms with E-state index in [-0.39, 0.29) is 0 Å². The van der Waals surface area contributed by atoms with E-state index in [0.29, 0.717) is 19.1 Å². The molecule has 2 N–H and O–H groups in total. The molecule has 5 nitrogen and oxygen atoms in total. The maximum atomic E-state index is 10.5. The summed E-state index contributed by atoms with van der Waals surface area (Å²) in [6.45, 7) is 11.3. The number of pyridine rings is 1. The maximum absolute atomic E-state index is 10.5. The van der Waals surface area contributed by atoms with Crippen molar-refractivity contribution in [2.75, 3.05) is 44.2 Å². The molecule has 0 aromatic carbocycles. The van der Waals surface area contributed by atoms with Gasteiger partial charge in [-0.1, -0.05) is 19.9 Å². The minimum atomic E-state index is -0.683. The molecule has 1 aromatic rings. The first-order valence-electron chi connectivity index (χ1n) is 7.80. The number of aliphatic hydroxyl groups is 1. The summed E-state index contributed by atoms with van der Waals surface area (Å²) in [4.78, 5) is 9.04. The van der Waals surface area contributed by atoms with Crippen LogP contribution in [0.5, 0.6) is 0 Å². The molecular formula is C16H28N4O. The summed E-state index contributed by atoms with van der Waals surface area (Å²) in [7, 11) is 0. The van der Waals surface area contributed by atoms with Crippen molar-refractivity contribution in [3.05, 3.63) is 24.4 Å². The van der Waals surface area contributed by atoms with Gasteiger partial charge in [-0.05, 0) is 19.1 Å². The number of nitrogens with zero attached hydrogens (tertiary/aromatic N) is 3. The van der Waals surface area contributed by atoms with E-state index in [1.165, 1.54) is 0 Å². The Morgan fingerprint density at radius 2 is 2.00 bits per heavy atom. The van der Waals surface area contributed by atoms with Crippen LogP contribution >= 0.6 is 0 Å². The smallest absolute Gasteiger partial charge is 0.128 e. The van der Waals surface area contributed by atoms with Crippen molar-refractivity contribution in [3.8, 4) is 0 Å². The number of hydrogen-bond donors (Lipinski definition) is 2. The molecule has 1 unspecified atom stereocenters. The van der Waals surface area contributed by atoms with E-state index in [2.05, 4.69) is 40.0 Å². The predicted octanol–water partition coefficient (Wildman–Crippen LogP) is 0.953. The van der Waals surface area contributed by atoms with E-state index in [0.717, 1.165) is 32.0 Å². The van der Waals surface area contributed by atoms with Gasteiger partial charge in [0.2, 0.25) is 0 Å². The number of piperazine rings is 1. The zero-order chi connectivity index (χ0) is 15.3. The fourth-order valence-corrected chi connectivity index (χ4v) is 2.64. The molecule has 2 rings (SSSR count). The van der Waals surface area contributed by atoms with Crippen LogP contribution in [0.3, 0.4) is 0 Å². The Labute approximate surface area is 128 Å². The molecule has 118 valence electrons. The fraction of sp³-hybridized carbons (Fsp3) is 0.688. The number of β-amino-alcohol motifs (C(OH)–C–C–N with tert-alkyl or cyclic N) is 1. The average molecular weight is 292 g/mol. The lowest BCUT2D eigenvalue weighted by atomic mass is 10.1. The van der Waals surface area contributed by atoms with E-state index in [4.69, 9.17) is 0 Å². The minimum Gasteiger partial charge on any atom is -0.388 e. The van der Waals surface area contributed by atoms with E-state index in [1.807, 2.05) is 25.3 Å². The lowest BCUT2D eigenvalue weighted by Crippen LogP contribution is -2.54. The van der Waals surface area contributed by atoms with Crippen LogP contribution in [0.15, 0.2) is 24.4 Å². The Bertz CT molecular complexity index is 414. The van der Waals surface area contributed by atoms with Crippen molar-refractivity contribution in [3.63, 3.8) is 0 Å². The Kier molecular flexibility index (Phi) is 5.56. The quantitative estimate of drug-likeness (QED) is 0.818. The number of nitrogens with one attached hydrogen (secondary N) is 1. The van der Waals surface area contributed by atoms with Crippen molar-refractivity contribution in [2.45, 2.75) is 32.4 Å². The van der Waals surface area contributed by atoms with Crippen LogP contribution in [-0.4, -0.2) is 65.9 Å². The molecule has 0 spiro atoms. The molecule has 1 atom stereocenters. The lowest BCUT2D eigenvalue weighted by Gasteiger charge is -2.39. The highest BCUT2D eigenvalue weighted by Crippen LogP contribution is 2.14. The first kappa shape index (κ1) is 16.2. The first-order valence-corrected chi connectivity index (χ1v) is 7.80. The molecule has 0 aliphatic carbocycles. The molecule has 21 heavy (non-hydrogen) atoms. The van der Waals surface area contributed by atoms with Gasteiger partial charge in [0.1, 0.15) is 5.82 Å². The molecule has 1 aromatic heterocycles. The Morgan fingerprint density at radius 3 is 2.57 bits per heavy atom. The van der Waals surface area contributed by atoms with Gasteiger partial charge in [-0.2, -0.15) is 0 Å². The Hall–Kier alpha value is -1.17. The topological polar surface area (TPSA) is 51.6 Å². The monoisotopic (exact) mass is 292 g/mol. The normalized spacial score (nSPS) is 19.8. The van der Waals surface area contributed by atoms with Gasteiger partial charge < -0.3 is 15.3 Å². The van der Waals surface area contributed by atoms with Crippen molar-refractivity contribution >= 4 is 5.82 Å². The zero-order valence-corrected chi connectivity index (χ0v) is 13.4. The highest BCUT2D eigenvalue weighted by atomic mass is 16.3. The Balaban J connectivity index is 1.78. The van der Waals surface area contributed by atoms with E-state index in [1.54, 1.807) is 0 Å². The highest BCUT2D eigenvalue weighted by Gasteiger charge is 2.26. The first-order chi connectivity index (χ1) is 9.96. The van der Waals surface area contributed by atoms with E-state index in [9.17, 15) is 5.11 Å². The van der Waals surface area contributed by atoms with Gasteiger partial charge in [0.05, 0.1) is 5.60 Å². The second-order valence-corrected chi connectivity index (χ2v) is 6.48. The molecule has 1 fully saturated rings. The largest absolute Gasteiger partial charge is 0.388 e. The molecule has 2 heterocycles. The number of anilines is 1. The molecule has 5 heteroatoms. The average Bonchev–Trinajstić information content (AvgIpc) is 2.47. The van der Waals surface area contributed by atoms with Crippen LogP contribution in [-0.2, 0) is 0 Å². The summed E-state index contributed by atoms with van der Waals surface area (Å²) in [5, 5.41) is 13.8. The summed E-state index contributed by atoms with van der Waals surface area (Å²) in [6, 6.07) is 6.42. The Morgan fingerprint density at radius 1 is 1.29 bits per heavy atom. The third-order valence-corrected chi connectivity index (χ3v) is 3.80. The van der Waals surface area contributed by atoms with Gasteiger partial charge in [0.15, 0.2) is 0 Å². The van der Waals surface area contributed by atoms with Crippen molar-refractivity contribution in [1.82, 2.24) is 15.2 Å². The molecule has 0 bridgehead atoms. The van der Waals surface area contributed by atoms with Gasteiger partial charge in [0.25, 0.3) is 0 Å². The highest BCUT2D eigenvalue weighted by molar-refractivity contribution is 5.38. The second kappa shape index (κ2) is 7.20. The molecule has 1 aliphatic rings.